The minimum absolute atomic E-state index is 0.309. The van der Waals surface area contributed by atoms with Gasteiger partial charge in [-0.25, -0.2) is 0 Å². The SMILES string of the molecule is CCc1ccc(C(C(=O)O)C2CCCCC2)cc1. The van der Waals surface area contributed by atoms with E-state index in [2.05, 4.69) is 19.1 Å². The van der Waals surface area contributed by atoms with Gasteiger partial charge in [0.15, 0.2) is 0 Å². The number of hydrogen-bond acceptors (Lipinski definition) is 1. The number of carbonyl (C=O) groups is 1. The van der Waals surface area contributed by atoms with Crippen molar-refractivity contribution in [2.75, 3.05) is 0 Å². The summed E-state index contributed by atoms with van der Waals surface area (Å²) in [5, 5.41) is 9.51. The Morgan fingerprint density at radius 1 is 1.22 bits per heavy atom. The first-order valence-corrected chi connectivity index (χ1v) is 7.04. The summed E-state index contributed by atoms with van der Waals surface area (Å²) in [4.78, 5) is 11.6. The van der Waals surface area contributed by atoms with E-state index in [1.54, 1.807) is 0 Å². The zero-order valence-electron chi connectivity index (χ0n) is 11.1. The van der Waals surface area contributed by atoms with Crippen molar-refractivity contribution in [2.24, 2.45) is 5.92 Å². The summed E-state index contributed by atoms with van der Waals surface area (Å²) >= 11 is 0. The molecule has 0 spiro atoms. The molecular weight excluding hydrogens is 224 g/mol. The second-order valence-corrected chi connectivity index (χ2v) is 5.31. The Balaban J connectivity index is 2.20. The highest BCUT2D eigenvalue weighted by atomic mass is 16.4. The summed E-state index contributed by atoms with van der Waals surface area (Å²) in [5.41, 5.74) is 2.25. The molecule has 0 heterocycles. The van der Waals surface area contributed by atoms with Gasteiger partial charge in [0, 0.05) is 0 Å². The van der Waals surface area contributed by atoms with Gasteiger partial charge >= 0.3 is 5.97 Å². The Labute approximate surface area is 109 Å². The molecule has 0 aromatic heterocycles. The van der Waals surface area contributed by atoms with Crippen LogP contribution in [0.25, 0.3) is 0 Å². The fourth-order valence-electron chi connectivity index (χ4n) is 3.04. The van der Waals surface area contributed by atoms with Crippen molar-refractivity contribution in [2.45, 2.75) is 51.4 Å². The summed E-state index contributed by atoms with van der Waals surface area (Å²) in [6.07, 6.45) is 6.75. The molecular formula is C16H22O2. The fraction of sp³-hybridized carbons (Fsp3) is 0.562. The van der Waals surface area contributed by atoms with Crippen LogP contribution in [0.2, 0.25) is 0 Å². The van der Waals surface area contributed by atoms with Gasteiger partial charge in [0.25, 0.3) is 0 Å². The topological polar surface area (TPSA) is 37.3 Å². The number of aliphatic carboxylic acids is 1. The third kappa shape index (κ3) is 2.92. The van der Waals surface area contributed by atoms with E-state index in [4.69, 9.17) is 0 Å². The largest absolute Gasteiger partial charge is 0.481 e. The monoisotopic (exact) mass is 246 g/mol. The summed E-state index contributed by atoms with van der Waals surface area (Å²) in [5.74, 6) is -0.647. The molecule has 98 valence electrons. The number of carboxylic acid groups (broad SMARTS) is 1. The van der Waals surface area contributed by atoms with Gasteiger partial charge in [-0.1, -0.05) is 50.5 Å². The lowest BCUT2D eigenvalue weighted by molar-refractivity contribution is -0.140. The number of rotatable bonds is 4. The molecule has 1 fully saturated rings. The first kappa shape index (κ1) is 13.1. The van der Waals surface area contributed by atoms with E-state index in [-0.39, 0.29) is 5.92 Å². The Morgan fingerprint density at radius 2 is 1.83 bits per heavy atom. The Kier molecular flexibility index (Phi) is 4.40. The van der Waals surface area contributed by atoms with E-state index < -0.39 is 5.97 Å². The van der Waals surface area contributed by atoms with Crippen LogP contribution in [0.15, 0.2) is 24.3 Å². The lowest BCUT2D eigenvalue weighted by Crippen LogP contribution is -2.23. The van der Waals surface area contributed by atoms with E-state index in [1.807, 2.05) is 12.1 Å². The van der Waals surface area contributed by atoms with E-state index in [1.165, 1.54) is 24.8 Å². The third-order valence-corrected chi connectivity index (χ3v) is 4.13. The van der Waals surface area contributed by atoms with E-state index in [0.29, 0.717) is 5.92 Å². The number of hydrogen-bond donors (Lipinski definition) is 1. The summed E-state index contributed by atoms with van der Waals surface area (Å²) in [7, 11) is 0. The fourth-order valence-corrected chi connectivity index (χ4v) is 3.04. The molecule has 1 aromatic rings. The molecule has 1 aliphatic carbocycles. The highest BCUT2D eigenvalue weighted by molar-refractivity contribution is 5.76. The molecule has 0 aliphatic heterocycles. The van der Waals surface area contributed by atoms with Crippen LogP contribution in [0.3, 0.4) is 0 Å². The molecule has 0 bridgehead atoms. The highest BCUT2D eigenvalue weighted by Crippen LogP contribution is 2.36. The zero-order valence-corrected chi connectivity index (χ0v) is 11.1. The van der Waals surface area contributed by atoms with Crippen molar-refractivity contribution in [3.8, 4) is 0 Å². The van der Waals surface area contributed by atoms with Crippen molar-refractivity contribution >= 4 is 5.97 Å². The van der Waals surface area contributed by atoms with Crippen LogP contribution in [0.5, 0.6) is 0 Å². The second-order valence-electron chi connectivity index (χ2n) is 5.31. The van der Waals surface area contributed by atoms with Crippen LogP contribution in [-0.2, 0) is 11.2 Å². The van der Waals surface area contributed by atoms with E-state index in [9.17, 15) is 9.90 Å². The van der Waals surface area contributed by atoms with Crippen molar-refractivity contribution < 1.29 is 9.90 Å². The Hall–Kier alpha value is -1.31. The second kappa shape index (κ2) is 6.03. The zero-order chi connectivity index (χ0) is 13.0. The predicted octanol–water partition coefficient (Wildman–Crippen LogP) is 4.00. The molecule has 1 N–H and O–H groups in total. The summed E-state index contributed by atoms with van der Waals surface area (Å²) < 4.78 is 0. The minimum atomic E-state index is -0.661. The molecule has 2 nitrogen and oxygen atoms in total. The highest BCUT2D eigenvalue weighted by Gasteiger charge is 2.30. The van der Waals surface area contributed by atoms with Gasteiger partial charge < -0.3 is 5.11 Å². The quantitative estimate of drug-likeness (QED) is 0.872. The van der Waals surface area contributed by atoms with Gasteiger partial charge in [0.2, 0.25) is 0 Å². The van der Waals surface area contributed by atoms with Gasteiger partial charge in [0.05, 0.1) is 5.92 Å². The van der Waals surface area contributed by atoms with Gasteiger partial charge in [-0.2, -0.15) is 0 Å². The smallest absolute Gasteiger partial charge is 0.311 e. The van der Waals surface area contributed by atoms with Crippen LogP contribution < -0.4 is 0 Å². The minimum Gasteiger partial charge on any atom is -0.481 e. The number of benzene rings is 1. The van der Waals surface area contributed by atoms with Crippen LogP contribution in [0.1, 0.15) is 56.1 Å². The molecule has 2 rings (SSSR count). The number of carboxylic acids is 1. The molecule has 0 radical (unpaired) electrons. The van der Waals surface area contributed by atoms with Crippen molar-refractivity contribution in [3.63, 3.8) is 0 Å². The van der Waals surface area contributed by atoms with Gasteiger partial charge in [-0.3, -0.25) is 4.79 Å². The summed E-state index contributed by atoms with van der Waals surface area (Å²) in [6, 6.07) is 8.14. The van der Waals surface area contributed by atoms with Crippen LogP contribution >= 0.6 is 0 Å². The lowest BCUT2D eigenvalue weighted by Gasteiger charge is -2.27. The van der Waals surface area contributed by atoms with Gasteiger partial charge in [-0.05, 0) is 36.3 Å². The predicted molar refractivity (Wildman–Crippen MR) is 72.8 cm³/mol. The average molecular weight is 246 g/mol. The Bertz CT molecular complexity index is 388. The van der Waals surface area contributed by atoms with Crippen molar-refractivity contribution in [3.05, 3.63) is 35.4 Å². The lowest BCUT2D eigenvalue weighted by atomic mass is 9.77. The first-order valence-electron chi connectivity index (χ1n) is 7.04. The van der Waals surface area contributed by atoms with Crippen LogP contribution in [-0.4, -0.2) is 11.1 Å². The third-order valence-electron chi connectivity index (χ3n) is 4.13. The molecule has 1 aliphatic rings. The first-order chi connectivity index (χ1) is 8.72. The van der Waals surface area contributed by atoms with Crippen molar-refractivity contribution in [1.82, 2.24) is 0 Å². The van der Waals surface area contributed by atoms with Crippen LogP contribution in [0.4, 0.5) is 0 Å². The maximum Gasteiger partial charge on any atom is 0.311 e. The number of aryl methyl sites for hydroxylation is 1. The normalized spacial score (nSPS) is 18.5. The standard InChI is InChI=1S/C16H22O2/c1-2-12-8-10-14(11-9-12)15(16(17)18)13-6-4-3-5-7-13/h8-11,13,15H,2-7H2,1H3,(H,17,18). The molecule has 1 atom stereocenters. The van der Waals surface area contributed by atoms with E-state index in [0.717, 1.165) is 24.8 Å². The molecule has 18 heavy (non-hydrogen) atoms. The maximum absolute atomic E-state index is 11.6. The van der Waals surface area contributed by atoms with Crippen molar-refractivity contribution in [1.29, 1.82) is 0 Å². The molecule has 1 unspecified atom stereocenters. The summed E-state index contributed by atoms with van der Waals surface area (Å²) in [6.45, 7) is 2.12. The van der Waals surface area contributed by atoms with Gasteiger partial charge in [-0.15, -0.1) is 0 Å². The Morgan fingerprint density at radius 3 is 2.33 bits per heavy atom. The van der Waals surface area contributed by atoms with Gasteiger partial charge in [0.1, 0.15) is 0 Å². The molecule has 1 aromatic carbocycles. The maximum atomic E-state index is 11.6. The van der Waals surface area contributed by atoms with Crippen LogP contribution in [0, 0.1) is 5.92 Å². The molecule has 0 amide bonds. The molecule has 2 heteroatoms. The molecule has 1 saturated carbocycles. The van der Waals surface area contributed by atoms with E-state index >= 15 is 0 Å². The molecule has 0 saturated heterocycles. The average Bonchev–Trinajstić information content (AvgIpc) is 2.40.